The van der Waals surface area contributed by atoms with Crippen molar-refractivity contribution in [2.75, 3.05) is 13.6 Å². The molecule has 2 heteroatoms. The summed E-state index contributed by atoms with van der Waals surface area (Å²) in [4.78, 5) is 0. The molecule has 0 aliphatic carbocycles. The molecule has 1 unspecified atom stereocenters. The first kappa shape index (κ1) is 10.1. The SMILES string of the molecule is CNCC(C)Oc1ccccc1C. The maximum atomic E-state index is 5.72. The van der Waals surface area contributed by atoms with Crippen LogP contribution in [-0.4, -0.2) is 19.7 Å². The average molecular weight is 179 g/mol. The number of hydrogen-bond acceptors (Lipinski definition) is 2. The van der Waals surface area contributed by atoms with Gasteiger partial charge in [0.25, 0.3) is 0 Å². The standard InChI is InChI=1S/C11H17NO/c1-9-6-4-5-7-11(9)13-10(2)8-12-3/h4-7,10,12H,8H2,1-3H3. The van der Waals surface area contributed by atoms with E-state index in [0.29, 0.717) is 0 Å². The summed E-state index contributed by atoms with van der Waals surface area (Å²) in [5.74, 6) is 0.977. The Morgan fingerprint density at radius 1 is 1.38 bits per heavy atom. The number of hydrogen-bond donors (Lipinski definition) is 1. The fraction of sp³-hybridized carbons (Fsp3) is 0.455. The van der Waals surface area contributed by atoms with Gasteiger partial charge < -0.3 is 10.1 Å². The topological polar surface area (TPSA) is 21.3 Å². The van der Waals surface area contributed by atoms with Gasteiger partial charge in [0.2, 0.25) is 0 Å². The molecular formula is C11H17NO. The second-order valence-corrected chi connectivity index (χ2v) is 3.25. The van der Waals surface area contributed by atoms with E-state index in [1.807, 2.05) is 25.2 Å². The Kier molecular flexibility index (Phi) is 3.77. The largest absolute Gasteiger partial charge is 0.489 e. The molecule has 0 heterocycles. The van der Waals surface area contributed by atoms with E-state index in [-0.39, 0.29) is 6.10 Å². The number of para-hydroxylation sites is 1. The molecule has 13 heavy (non-hydrogen) atoms. The minimum atomic E-state index is 0.214. The molecule has 1 rings (SSSR count). The highest BCUT2D eigenvalue weighted by atomic mass is 16.5. The highest BCUT2D eigenvalue weighted by Gasteiger charge is 2.03. The second-order valence-electron chi connectivity index (χ2n) is 3.25. The lowest BCUT2D eigenvalue weighted by atomic mass is 10.2. The average Bonchev–Trinajstić information content (AvgIpc) is 2.09. The van der Waals surface area contributed by atoms with Crippen LogP contribution in [0.3, 0.4) is 0 Å². The molecule has 0 saturated carbocycles. The Balaban J connectivity index is 2.58. The van der Waals surface area contributed by atoms with Gasteiger partial charge in [0, 0.05) is 6.54 Å². The van der Waals surface area contributed by atoms with E-state index in [9.17, 15) is 0 Å². The van der Waals surface area contributed by atoms with Crippen molar-refractivity contribution in [1.82, 2.24) is 5.32 Å². The van der Waals surface area contributed by atoms with E-state index in [2.05, 4.69) is 25.2 Å². The van der Waals surface area contributed by atoms with Gasteiger partial charge in [-0.2, -0.15) is 0 Å². The summed E-state index contributed by atoms with van der Waals surface area (Å²) in [5, 5.41) is 3.08. The van der Waals surface area contributed by atoms with Gasteiger partial charge in [-0.15, -0.1) is 0 Å². The van der Waals surface area contributed by atoms with Crippen molar-refractivity contribution in [3.8, 4) is 5.75 Å². The van der Waals surface area contributed by atoms with Crippen LogP contribution >= 0.6 is 0 Å². The van der Waals surface area contributed by atoms with Crippen molar-refractivity contribution in [3.05, 3.63) is 29.8 Å². The van der Waals surface area contributed by atoms with Gasteiger partial charge in [0.15, 0.2) is 0 Å². The van der Waals surface area contributed by atoms with Crippen molar-refractivity contribution in [2.45, 2.75) is 20.0 Å². The van der Waals surface area contributed by atoms with Crippen molar-refractivity contribution in [2.24, 2.45) is 0 Å². The Hall–Kier alpha value is -1.02. The Morgan fingerprint density at radius 3 is 2.69 bits per heavy atom. The van der Waals surface area contributed by atoms with E-state index in [0.717, 1.165) is 12.3 Å². The van der Waals surface area contributed by atoms with Crippen LogP contribution in [0.2, 0.25) is 0 Å². The van der Waals surface area contributed by atoms with E-state index in [4.69, 9.17) is 4.74 Å². The molecule has 0 aliphatic heterocycles. The summed E-state index contributed by atoms with van der Waals surface area (Å²) in [5.41, 5.74) is 1.19. The lowest BCUT2D eigenvalue weighted by Gasteiger charge is -2.15. The quantitative estimate of drug-likeness (QED) is 0.763. The lowest BCUT2D eigenvalue weighted by molar-refractivity contribution is 0.219. The number of likely N-dealkylation sites (N-methyl/N-ethyl adjacent to an activating group) is 1. The number of ether oxygens (including phenoxy) is 1. The minimum Gasteiger partial charge on any atom is -0.489 e. The van der Waals surface area contributed by atoms with Crippen LogP contribution in [0.4, 0.5) is 0 Å². The van der Waals surface area contributed by atoms with Gasteiger partial charge in [0.05, 0.1) is 0 Å². The molecule has 0 saturated heterocycles. The molecule has 1 aromatic carbocycles. The van der Waals surface area contributed by atoms with Crippen molar-refractivity contribution >= 4 is 0 Å². The van der Waals surface area contributed by atoms with Crippen LogP contribution in [0.5, 0.6) is 5.75 Å². The van der Waals surface area contributed by atoms with Crippen LogP contribution in [0.1, 0.15) is 12.5 Å². The van der Waals surface area contributed by atoms with Crippen molar-refractivity contribution in [1.29, 1.82) is 0 Å². The molecule has 72 valence electrons. The lowest BCUT2D eigenvalue weighted by Crippen LogP contribution is -2.26. The summed E-state index contributed by atoms with van der Waals surface area (Å²) in [6.45, 7) is 4.98. The third-order valence-electron chi connectivity index (χ3n) is 1.91. The predicted molar refractivity (Wildman–Crippen MR) is 55.2 cm³/mol. The number of rotatable bonds is 4. The molecule has 1 N–H and O–H groups in total. The fourth-order valence-corrected chi connectivity index (χ4v) is 1.23. The summed E-state index contributed by atoms with van der Waals surface area (Å²) in [6, 6.07) is 8.07. The fourth-order valence-electron chi connectivity index (χ4n) is 1.23. The minimum absolute atomic E-state index is 0.214. The van der Waals surface area contributed by atoms with Gasteiger partial charge in [0.1, 0.15) is 11.9 Å². The molecular weight excluding hydrogens is 162 g/mol. The van der Waals surface area contributed by atoms with Crippen LogP contribution in [0.25, 0.3) is 0 Å². The Bertz CT molecular complexity index is 260. The molecule has 0 aromatic heterocycles. The van der Waals surface area contributed by atoms with Crippen LogP contribution in [0, 0.1) is 6.92 Å². The number of benzene rings is 1. The first-order chi connectivity index (χ1) is 6.24. The van der Waals surface area contributed by atoms with Crippen LogP contribution in [0.15, 0.2) is 24.3 Å². The van der Waals surface area contributed by atoms with E-state index in [1.165, 1.54) is 5.56 Å². The van der Waals surface area contributed by atoms with E-state index >= 15 is 0 Å². The number of aryl methyl sites for hydroxylation is 1. The van der Waals surface area contributed by atoms with Crippen molar-refractivity contribution in [3.63, 3.8) is 0 Å². The molecule has 1 atom stereocenters. The zero-order valence-electron chi connectivity index (χ0n) is 8.50. The third kappa shape index (κ3) is 3.07. The molecule has 0 aliphatic rings. The molecule has 0 radical (unpaired) electrons. The summed E-state index contributed by atoms with van der Waals surface area (Å²) in [7, 11) is 1.93. The molecule has 2 nitrogen and oxygen atoms in total. The molecule has 1 aromatic rings. The van der Waals surface area contributed by atoms with Gasteiger partial charge >= 0.3 is 0 Å². The molecule has 0 spiro atoms. The van der Waals surface area contributed by atoms with Gasteiger partial charge in [-0.1, -0.05) is 18.2 Å². The first-order valence-corrected chi connectivity index (χ1v) is 4.61. The zero-order chi connectivity index (χ0) is 9.68. The summed E-state index contributed by atoms with van der Waals surface area (Å²) in [6.07, 6.45) is 0.214. The highest BCUT2D eigenvalue weighted by Crippen LogP contribution is 2.17. The molecule has 0 bridgehead atoms. The Labute approximate surface area is 79.9 Å². The predicted octanol–water partition coefficient (Wildman–Crippen LogP) is 1.98. The van der Waals surface area contributed by atoms with Crippen LogP contribution < -0.4 is 10.1 Å². The van der Waals surface area contributed by atoms with Gasteiger partial charge in [-0.05, 0) is 32.5 Å². The van der Waals surface area contributed by atoms with Crippen LogP contribution in [-0.2, 0) is 0 Å². The third-order valence-corrected chi connectivity index (χ3v) is 1.91. The van der Waals surface area contributed by atoms with Crippen molar-refractivity contribution < 1.29 is 4.74 Å². The van der Waals surface area contributed by atoms with Gasteiger partial charge in [-0.3, -0.25) is 0 Å². The smallest absolute Gasteiger partial charge is 0.122 e. The zero-order valence-corrected chi connectivity index (χ0v) is 8.50. The first-order valence-electron chi connectivity index (χ1n) is 4.61. The monoisotopic (exact) mass is 179 g/mol. The Morgan fingerprint density at radius 2 is 2.08 bits per heavy atom. The van der Waals surface area contributed by atoms with Gasteiger partial charge in [-0.25, -0.2) is 0 Å². The summed E-state index contributed by atoms with van der Waals surface area (Å²) < 4.78 is 5.72. The maximum Gasteiger partial charge on any atom is 0.122 e. The highest BCUT2D eigenvalue weighted by molar-refractivity contribution is 5.31. The number of nitrogens with one attached hydrogen (secondary N) is 1. The van der Waals surface area contributed by atoms with E-state index in [1.54, 1.807) is 0 Å². The maximum absolute atomic E-state index is 5.72. The molecule has 0 fully saturated rings. The molecule has 0 amide bonds. The second kappa shape index (κ2) is 4.87. The normalized spacial score (nSPS) is 12.5. The summed E-state index contributed by atoms with van der Waals surface area (Å²) >= 11 is 0. The van der Waals surface area contributed by atoms with E-state index < -0.39 is 0 Å².